The van der Waals surface area contributed by atoms with Crippen molar-refractivity contribution in [3.8, 4) is 5.75 Å². The summed E-state index contributed by atoms with van der Waals surface area (Å²) in [5.41, 5.74) is 0.199. The monoisotopic (exact) mass is 417 g/mol. The topological polar surface area (TPSA) is 112 Å². The molecule has 160 valence electrons. The minimum absolute atomic E-state index is 0.257. The van der Waals surface area contributed by atoms with Crippen LogP contribution in [0, 0.1) is 6.92 Å². The number of benzene rings is 1. The molecule has 0 aliphatic carbocycles. The molecular weight excluding hydrogens is 394 g/mol. The highest BCUT2D eigenvalue weighted by Crippen LogP contribution is 2.40. The maximum absolute atomic E-state index is 12.3. The van der Waals surface area contributed by atoms with Crippen molar-refractivity contribution in [1.29, 1.82) is 0 Å². The first-order valence-corrected chi connectivity index (χ1v) is 9.57. The first-order chi connectivity index (χ1) is 14.4. The molecule has 1 aromatic carbocycles. The van der Waals surface area contributed by atoms with Gasteiger partial charge in [0.1, 0.15) is 18.1 Å². The Morgan fingerprint density at radius 1 is 1.23 bits per heavy atom. The fourth-order valence-electron chi connectivity index (χ4n) is 3.81. The number of rotatable bonds is 4. The molecule has 2 aliphatic rings. The van der Waals surface area contributed by atoms with Gasteiger partial charge >= 0.3 is 11.7 Å². The summed E-state index contributed by atoms with van der Waals surface area (Å²) in [6, 6.07) is 6.94. The van der Waals surface area contributed by atoms with Crippen molar-refractivity contribution >= 4 is 5.97 Å². The zero-order valence-corrected chi connectivity index (χ0v) is 16.9. The average Bonchev–Trinajstić information content (AvgIpc) is 3.15. The number of H-pyrrole nitrogens is 1. The highest BCUT2D eigenvalue weighted by Gasteiger charge is 2.48. The molecule has 1 unspecified atom stereocenters. The van der Waals surface area contributed by atoms with Gasteiger partial charge in [0.15, 0.2) is 6.23 Å². The van der Waals surface area contributed by atoms with Crippen molar-refractivity contribution < 1.29 is 23.8 Å². The second kappa shape index (κ2) is 8.05. The molecule has 30 heavy (non-hydrogen) atoms. The van der Waals surface area contributed by atoms with Gasteiger partial charge in [0.25, 0.3) is 5.56 Å². The fraction of sp³-hybridized carbons (Fsp3) is 0.450. The summed E-state index contributed by atoms with van der Waals surface area (Å²) in [6.07, 6.45) is 0.181. The zero-order valence-electron chi connectivity index (χ0n) is 16.9. The van der Waals surface area contributed by atoms with E-state index >= 15 is 0 Å². The van der Waals surface area contributed by atoms with E-state index in [0.29, 0.717) is 17.7 Å². The lowest BCUT2D eigenvalue weighted by Crippen LogP contribution is -2.51. The molecule has 0 spiro atoms. The maximum Gasteiger partial charge on any atom is 0.330 e. The summed E-state index contributed by atoms with van der Waals surface area (Å²) in [7, 11) is 1.58. The van der Waals surface area contributed by atoms with Crippen LogP contribution in [0.4, 0.5) is 0 Å². The molecule has 0 bridgehead atoms. The summed E-state index contributed by atoms with van der Waals surface area (Å²) in [5, 5.41) is 1.49. The molecule has 2 saturated heterocycles. The van der Waals surface area contributed by atoms with E-state index in [2.05, 4.69) is 4.98 Å². The average molecular weight is 417 g/mol. The van der Waals surface area contributed by atoms with E-state index in [9.17, 15) is 14.4 Å². The lowest BCUT2D eigenvalue weighted by atomic mass is 10.1. The molecule has 1 N–H and O–H groups in total. The molecule has 2 aliphatic heterocycles. The Kier molecular flexibility index (Phi) is 5.46. The van der Waals surface area contributed by atoms with Gasteiger partial charge in [-0.05, 0) is 24.6 Å². The second-order valence-electron chi connectivity index (χ2n) is 7.31. The Hall–Kier alpha value is -2.95. The van der Waals surface area contributed by atoms with Crippen molar-refractivity contribution in [2.45, 2.75) is 44.9 Å². The predicted octanol–water partition coefficient (Wildman–Crippen LogP) is 1.02. The van der Waals surface area contributed by atoms with Crippen LogP contribution in [0.5, 0.6) is 5.75 Å². The zero-order chi connectivity index (χ0) is 21.4. The molecule has 3 heterocycles. The minimum Gasteiger partial charge on any atom is -0.497 e. The van der Waals surface area contributed by atoms with Crippen LogP contribution in [0.15, 0.2) is 40.1 Å². The molecule has 0 saturated carbocycles. The molecule has 4 rings (SSSR count). The van der Waals surface area contributed by atoms with Gasteiger partial charge in [-0.2, -0.15) is 0 Å². The predicted molar refractivity (Wildman–Crippen MR) is 104 cm³/mol. The number of nitrogens with one attached hydrogen (secondary N) is 1. The van der Waals surface area contributed by atoms with Crippen LogP contribution in [-0.2, 0) is 19.1 Å². The van der Waals surface area contributed by atoms with E-state index < -0.39 is 35.8 Å². The number of aromatic nitrogens is 2. The van der Waals surface area contributed by atoms with Gasteiger partial charge < -0.3 is 19.0 Å². The van der Waals surface area contributed by atoms with Crippen LogP contribution in [0.3, 0.4) is 0 Å². The molecule has 10 nitrogen and oxygen atoms in total. The third-order valence-electron chi connectivity index (χ3n) is 5.27. The minimum atomic E-state index is -0.627. The van der Waals surface area contributed by atoms with Crippen LogP contribution in [0.1, 0.15) is 36.9 Å². The number of hydrogen-bond acceptors (Lipinski definition) is 8. The Morgan fingerprint density at radius 3 is 2.63 bits per heavy atom. The Bertz CT molecular complexity index is 1050. The lowest BCUT2D eigenvalue weighted by Gasteiger charge is -2.40. The van der Waals surface area contributed by atoms with Crippen LogP contribution in [0.25, 0.3) is 0 Å². The van der Waals surface area contributed by atoms with Crippen molar-refractivity contribution in [3.63, 3.8) is 0 Å². The second-order valence-corrected chi connectivity index (χ2v) is 7.31. The maximum atomic E-state index is 12.3. The van der Waals surface area contributed by atoms with E-state index in [-0.39, 0.29) is 12.6 Å². The SMILES string of the molecule is COc1ccc(C2OC[C@H]3O[C@@H](n4cc(C)c(=O)[nH]c4=O)C[C@H]3N2OC(C)=O)cc1. The smallest absolute Gasteiger partial charge is 0.330 e. The molecule has 1 aromatic heterocycles. The van der Waals surface area contributed by atoms with E-state index in [1.54, 1.807) is 26.2 Å². The summed E-state index contributed by atoms with van der Waals surface area (Å²) < 4.78 is 18.5. The van der Waals surface area contributed by atoms with Gasteiger partial charge in [-0.15, -0.1) is 5.06 Å². The Morgan fingerprint density at radius 2 is 1.97 bits per heavy atom. The summed E-state index contributed by atoms with van der Waals surface area (Å²) in [6.45, 7) is 3.19. The first kappa shape index (κ1) is 20.3. The van der Waals surface area contributed by atoms with Crippen LogP contribution in [-0.4, -0.2) is 46.4 Å². The Balaban J connectivity index is 1.63. The van der Waals surface area contributed by atoms with E-state index in [1.807, 2.05) is 12.1 Å². The fourth-order valence-corrected chi connectivity index (χ4v) is 3.81. The molecule has 0 amide bonds. The number of carbonyl (C=O) groups excluding carboxylic acids is 1. The van der Waals surface area contributed by atoms with Crippen molar-refractivity contribution in [2.24, 2.45) is 0 Å². The van der Waals surface area contributed by atoms with Gasteiger partial charge in [0, 0.05) is 25.1 Å². The summed E-state index contributed by atoms with van der Waals surface area (Å²) in [4.78, 5) is 43.5. The number of hydroxylamine groups is 2. The number of hydrogen-bond donors (Lipinski definition) is 1. The third-order valence-corrected chi connectivity index (χ3v) is 5.27. The van der Waals surface area contributed by atoms with Crippen LogP contribution in [0.2, 0.25) is 0 Å². The number of aromatic amines is 1. The van der Waals surface area contributed by atoms with E-state index in [1.165, 1.54) is 22.8 Å². The van der Waals surface area contributed by atoms with Gasteiger partial charge in [0.2, 0.25) is 0 Å². The largest absolute Gasteiger partial charge is 0.497 e. The molecule has 2 fully saturated rings. The molecule has 0 radical (unpaired) electrons. The summed E-state index contributed by atoms with van der Waals surface area (Å²) in [5.74, 6) is 0.210. The number of aryl methyl sites for hydroxylation is 1. The van der Waals surface area contributed by atoms with Gasteiger partial charge in [-0.3, -0.25) is 19.1 Å². The number of fused-ring (bicyclic) bond motifs is 1. The summed E-state index contributed by atoms with van der Waals surface area (Å²) >= 11 is 0. The van der Waals surface area contributed by atoms with Gasteiger partial charge in [0.05, 0.1) is 19.8 Å². The number of carbonyl (C=O) groups is 1. The quantitative estimate of drug-likeness (QED) is 0.785. The van der Waals surface area contributed by atoms with E-state index in [0.717, 1.165) is 5.56 Å². The van der Waals surface area contributed by atoms with Crippen LogP contribution < -0.4 is 16.0 Å². The van der Waals surface area contributed by atoms with Crippen LogP contribution >= 0.6 is 0 Å². The van der Waals surface area contributed by atoms with Crippen molar-refractivity contribution in [1.82, 2.24) is 14.6 Å². The molecule has 10 heteroatoms. The Labute approximate surface area is 171 Å². The number of methoxy groups -OCH3 is 1. The highest BCUT2D eigenvalue weighted by molar-refractivity contribution is 5.65. The molecule has 2 aromatic rings. The van der Waals surface area contributed by atoms with Gasteiger partial charge in [-0.25, -0.2) is 4.79 Å². The lowest BCUT2D eigenvalue weighted by molar-refractivity contribution is -0.298. The molecular formula is C20H23N3O7. The first-order valence-electron chi connectivity index (χ1n) is 9.57. The van der Waals surface area contributed by atoms with Crippen molar-refractivity contribution in [2.75, 3.05) is 13.7 Å². The van der Waals surface area contributed by atoms with Crippen molar-refractivity contribution in [3.05, 3.63) is 62.4 Å². The number of nitrogens with zero attached hydrogens (tertiary/aromatic N) is 2. The standard InChI is InChI=1S/C20H23N3O7/c1-11-9-22(20(26)21-18(11)25)17-8-15-16(29-17)10-28-19(23(15)30-12(2)24)13-4-6-14(27-3)7-5-13/h4-7,9,15-17,19H,8,10H2,1-3H3,(H,21,25,26)/t15-,16-,17-,19?/m1/s1. The molecule has 4 atom stereocenters. The van der Waals surface area contributed by atoms with Gasteiger partial charge in [-0.1, -0.05) is 12.1 Å². The normalized spacial score (nSPS) is 26.2. The number of ether oxygens (including phenoxy) is 3. The highest BCUT2D eigenvalue weighted by atomic mass is 16.7. The van der Waals surface area contributed by atoms with E-state index in [4.69, 9.17) is 19.0 Å². The third kappa shape index (κ3) is 3.76.